The van der Waals surface area contributed by atoms with Gasteiger partial charge in [0.2, 0.25) is 5.91 Å². The summed E-state index contributed by atoms with van der Waals surface area (Å²) in [5, 5.41) is 23.4. The van der Waals surface area contributed by atoms with Crippen molar-refractivity contribution in [2.75, 3.05) is 0 Å². The number of fused-ring (bicyclic) bond motifs is 3. The van der Waals surface area contributed by atoms with Crippen LogP contribution in [-0.4, -0.2) is 33.9 Å². The van der Waals surface area contributed by atoms with Crippen LogP contribution >= 0.6 is 0 Å². The second-order valence-corrected chi connectivity index (χ2v) is 6.52. The fourth-order valence-corrected chi connectivity index (χ4v) is 4.70. The molecule has 6 atom stereocenters. The molecule has 0 aromatic carbocycles. The summed E-state index contributed by atoms with van der Waals surface area (Å²) in [6.07, 6.45) is 4.77. The standard InChI is InChI=1S/C14H23NO3/c1-14-9-5-3-2-4-8(9)11(16)7-6-10(14)12(17)13(18)15-14/h8-12,16-17H,2-7H2,1H3,(H,15,18)/t8-,9-,10-,11-,12+,14-/m0/s1. The third-order valence-corrected chi connectivity index (χ3v) is 5.67. The fraction of sp³-hybridized carbons (Fsp3) is 0.929. The number of carbonyl (C=O) groups excluding carboxylic acids is 1. The van der Waals surface area contributed by atoms with Crippen LogP contribution in [0.5, 0.6) is 0 Å². The van der Waals surface area contributed by atoms with Gasteiger partial charge in [-0.3, -0.25) is 4.79 Å². The van der Waals surface area contributed by atoms with E-state index in [-0.39, 0.29) is 23.5 Å². The lowest BCUT2D eigenvalue weighted by Crippen LogP contribution is -2.53. The molecule has 2 saturated carbocycles. The summed E-state index contributed by atoms with van der Waals surface area (Å²) in [6, 6.07) is 0. The van der Waals surface area contributed by atoms with Gasteiger partial charge in [0.1, 0.15) is 6.10 Å². The van der Waals surface area contributed by atoms with Gasteiger partial charge in [0.05, 0.1) is 6.10 Å². The number of nitrogens with one attached hydrogen (secondary N) is 1. The lowest BCUT2D eigenvalue weighted by molar-refractivity contribution is -0.127. The molecule has 0 spiro atoms. The van der Waals surface area contributed by atoms with E-state index in [1.54, 1.807) is 0 Å². The molecule has 3 N–H and O–H groups in total. The molecule has 0 aromatic rings. The van der Waals surface area contributed by atoms with Crippen molar-refractivity contribution in [2.24, 2.45) is 17.8 Å². The van der Waals surface area contributed by atoms with E-state index in [2.05, 4.69) is 12.2 Å². The maximum Gasteiger partial charge on any atom is 0.249 e. The molecule has 4 heteroatoms. The molecule has 3 fully saturated rings. The second kappa shape index (κ2) is 4.20. The SMILES string of the molecule is C[C@@]12NC(=O)[C@H](O)[C@@H]1CC[C@H](O)[C@H]1CCCC[C@@H]12. The second-order valence-electron chi connectivity index (χ2n) is 6.52. The lowest BCUT2D eigenvalue weighted by atomic mass is 9.65. The van der Waals surface area contributed by atoms with Gasteiger partial charge in [-0.1, -0.05) is 12.8 Å². The molecule has 0 bridgehead atoms. The molecule has 0 radical (unpaired) electrons. The van der Waals surface area contributed by atoms with Gasteiger partial charge < -0.3 is 15.5 Å². The Balaban J connectivity index is 1.97. The smallest absolute Gasteiger partial charge is 0.249 e. The summed E-state index contributed by atoms with van der Waals surface area (Å²) in [7, 11) is 0. The number of aliphatic hydroxyl groups excluding tert-OH is 2. The number of rotatable bonds is 0. The summed E-state index contributed by atoms with van der Waals surface area (Å²) in [5.41, 5.74) is -0.320. The molecular weight excluding hydrogens is 230 g/mol. The summed E-state index contributed by atoms with van der Waals surface area (Å²) in [6.45, 7) is 2.08. The average molecular weight is 253 g/mol. The van der Waals surface area contributed by atoms with Crippen molar-refractivity contribution >= 4 is 5.91 Å². The van der Waals surface area contributed by atoms with Crippen LogP contribution in [0.25, 0.3) is 0 Å². The van der Waals surface area contributed by atoms with E-state index in [9.17, 15) is 15.0 Å². The topological polar surface area (TPSA) is 69.6 Å². The third kappa shape index (κ3) is 1.62. The zero-order valence-electron chi connectivity index (χ0n) is 10.9. The third-order valence-electron chi connectivity index (χ3n) is 5.67. The van der Waals surface area contributed by atoms with Crippen molar-refractivity contribution in [1.82, 2.24) is 5.32 Å². The molecule has 3 aliphatic rings. The van der Waals surface area contributed by atoms with E-state index in [4.69, 9.17) is 0 Å². The van der Waals surface area contributed by atoms with Gasteiger partial charge >= 0.3 is 0 Å². The molecule has 3 rings (SSSR count). The normalized spacial score (nSPS) is 52.2. The molecule has 4 nitrogen and oxygen atoms in total. The minimum absolute atomic E-state index is 0.0345. The van der Waals surface area contributed by atoms with E-state index in [1.807, 2.05) is 0 Å². The predicted octanol–water partition coefficient (Wildman–Crippen LogP) is 0.813. The Bertz CT molecular complexity index is 359. The Labute approximate surface area is 108 Å². The highest BCUT2D eigenvalue weighted by molar-refractivity contribution is 5.84. The molecule has 0 unspecified atom stereocenters. The minimum atomic E-state index is -0.886. The summed E-state index contributed by atoms with van der Waals surface area (Å²) < 4.78 is 0. The Morgan fingerprint density at radius 3 is 2.61 bits per heavy atom. The van der Waals surface area contributed by atoms with Gasteiger partial charge in [-0.05, 0) is 44.4 Å². The predicted molar refractivity (Wildman–Crippen MR) is 66.7 cm³/mol. The number of amides is 1. The van der Waals surface area contributed by atoms with E-state index in [0.29, 0.717) is 18.3 Å². The van der Waals surface area contributed by atoms with E-state index in [0.717, 1.165) is 19.3 Å². The van der Waals surface area contributed by atoms with Crippen molar-refractivity contribution in [3.8, 4) is 0 Å². The summed E-state index contributed by atoms with van der Waals surface area (Å²) in [5.74, 6) is 0.352. The van der Waals surface area contributed by atoms with Crippen LogP contribution in [0.15, 0.2) is 0 Å². The number of aliphatic hydroxyl groups is 2. The largest absolute Gasteiger partial charge is 0.393 e. The van der Waals surface area contributed by atoms with Crippen LogP contribution in [0.3, 0.4) is 0 Å². The number of carbonyl (C=O) groups is 1. The highest BCUT2D eigenvalue weighted by atomic mass is 16.3. The van der Waals surface area contributed by atoms with E-state index >= 15 is 0 Å². The van der Waals surface area contributed by atoms with Crippen LogP contribution < -0.4 is 5.32 Å². The monoisotopic (exact) mass is 253 g/mol. The van der Waals surface area contributed by atoms with Crippen LogP contribution in [0.1, 0.15) is 45.4 Å². The Hall–Kier alpha value is -0.610. The Morgan fingerprint density at radius 1 is 1.11 bits per heavy atom. The van der Waals surface area contributed by atoms with Crippen molar-refractivity contribution in [1.29, 1.82) is 0 Å². The van der Waals surface area contributed by atoms with Gasteiger partial charge in [0.25, 0.3) is 0 Å². The average Bonchev–Trinajstić information content (AvgIpc) is 2.51. The van der Waals surface area contributed by atoms with Gasteiger partial charge in [0.15, 0.2) is 0 Å². The highest BCUT2D eigenvalue weighted by Crippen LogP contribution is 2.49. The quantitative estimate of drug-likeness (QED) is 0.598. The fourth-order valence-electron chi connectivity index (χ4n) is 4.70. The van der Waals surface area contributed by atoms with Crippen LogP contribution in [0.2, 0.25) is 0 Å². The van der Waals surface area contributed by atoms with Crippen molar-refractivity contribution in [3.05, 3.63) is 0 Å². The zero-order chi connectivity index (χ0) is 12.9. The van der Waals surface area contributed by atoms with Crippen LogP contribution in [-0.2, 0) is 4.79 Å². The molecular formula is C14H23NO3. The molecule has 1 saturated heterocycles. The molecule has 1 aliphatic heterocycles. The first-order valence-corrected chi connectivity index (χ1v) is 7.22. The molecule has 1 amide bonds. The molecule has 0 aromatic heterocycles. The first-order valence-electron chi connectivity index (χ1n) is 7.22. The number of hydrogen-bond donors (Lipinski definition) is 3. The maximum absolute atomic E-state index is 11.8. The summed E-state index contributed by atoms with van der Waals surface area (Å²) >= 11 is 0. The van der Waals surface area contributed by atoms with Crippen molar-refractivity contribution in [2.45, 2.75) is 63.2 Å². The van der Waals surface area contributed by atoms with Crippen LogP contribution in [0.4, 0.5) is 0 Å². The maximum atomic E-state index is 11.8. The van der Waals surface area contributed by atoms with E-state index in [1.165, 1.54) is 12.8 Å². The Kier molecular flexibility index (Phi) is 2.90. The highest BCUT2D eigenvalue weighted by Gasteiger charge is 2.57. The molecule has 102 valence electrons. The van der Waals surface area contributed by atoms with Gasteiger partial charge in [-0.25, -0.2) is 0 Å². The number of hydrogen-bond acceptors (Lipinski definition) is 3. The van der Waals surface area contributed by atoms with Crippen LogP contribution in [0, 0.1) is 17.8 Å². The van der Waals surface area contributed by atoms with Crippen molar-refractivity contribution < 1.29 is 15.0 Å². The minimum Gasteiger partial charge on any atom is -0.393 e. The first kappa shape index (κ1) is 12.4. The summed E-state index contributed by atoms with van der Waals surface area (Å²) in [4.78, 5) is 11.8. The zero-order valence-corrected chi connectivity index (χ0v) is 10.9. The van der Waals surface area contributed by atoms with E-state index < -0.39 is 6.10 Å². The molecule has 2 aliphatic carbocycles. The Morgan fingerprint density at radius 2 is 1.83 bits per heavy atom. The van der Waals surface area contributed by atoms with Gasteiger partial charge in [0, 0.05) is 11.5 Å². The van der Waals surface area contributed by atoms with Gasteiger partial charge in [-0.2, -0.15) is 0 Å². The lowest BCUT2D eigenvalue weighted by Gasteiger charge is -2.44. The van der Waals surface area contributed by atoms with Crippen molar-refractivity contribution in [3.63, 3.8) is 0 Å². The first-order chi connectivity index (χ1) is 8.54. The molecule has 18 heavy (non-hydrogen) atoms. The van der Waals surface area contributed by atoms with Gasteiger partial charge in [-0.15, -0.1) is 0 Å². The molecule has 1 heterocycles.